The van der Waals surface area contributed by atoms with E-state index in [0.29, 0.717) is 36.4 Å². The molecule has 3 saturated heterocycles. The maximum atomic E-state index is 9.55. The second-order valence-corrected chi connectivity index (χ2v) is 11.0. The molecule has 0 amide bonds. The normalized spacial score (nSPS) is 20.4. The Kier molecular flexibility index (Phi) is 18.3. The summed E-state index contributed by atoms with van der Waals surface area (Å²) in [6.45, 7) is 12.9. The van der Waals surface area contributed by atoms with Crippen LogP contribution in [0, 0.1) is 22.7 Å². The molecule has 3 aliphatic heterocycles. The lowest BCUT2D eigenvalue weighted by Crippen LogP contribution is -2.44. The molecule has 4 N–H and O–H groups in total. The van der Waals surface area contributed by atoms with Crippen molar-refractivity contribution in [1.82, 2.24) is 19.6 Å². The first-order valence-electron chi connectivity index (χ1n) is 15.2. The largest absolute Gasteiger partial charge is 0.478 e. The third-order valence-electron chi connectivity index (χ3n) is 7.78. The summed E-state index contributed by atoms with van der Waals surface area (Å²) in [5.41, 5.74) is 0.279. The van der Waals surface area contributed by atoms with Crippen molar-refractivity contribution >= 4 is 23.9 Å². The molecule has 3 aliphatic rings. The van der Waals surface area contributed by atoms with Crippen molar-refractivity contribution in [1.29, 1.82) is 10.5 Å². The molecule has 0 spiro atoms. The van der Waals surface area contributed by atoms with Gasteiger partial charge in [0.25, 0.3) is 0 Å². The van der Waals surface area contributed by atoms with Gasteiger partial charge in [0.1, 0.15) is 18.0 Å². The zero-order valence-electron chi connectivity index (χ0n) is 26.2. The Morgan fingerprint density at radius 2 is 1.11 bits per heavy atom. The Bertz CT molecular complexity index is 1070. The predicted octanol–water partition coefficient (Wildman–Crippen LogP) is 2.43. The lowest BCUT2D eigenvalue weighted by Gasteiger charge is -2.39. The fourth-order valence-electron chi connectivity index (χ4n) is 5.62. The van der Waals surface area contributed by atoms with E-state index in [9.17, 15) is 29.7 Å². The number of hydrogen-bond acceptors (Lipinski definition) is 10. The second-order valence-electron chi connectivity index (χ2n) is 11.0. The molecule has 3 rings (SSSR count). The van der Waals surface area contributed by atoms with Crippen molar-refractivity contribution in [2.75, 3.05) is 52.4 Å². The van der Waals surface area contributed by atoms with Gasteiger partial charge in [0.2, 0.25) is 0 Å². The minimum atomic E-state index is -1.26. The van der Waals surface area contributed by atoms with Gasteiger partial charge in [0.15, 0.2) is 5.57 Å². The minimum absolute atomic E-state index is 0.279. The Hall–Kier alpha value is -4.40. The van der Waals surface area contributed by atoms with Crippen molar-refractivity contribution < 1.29 is 39.6 Å². The lowest BCUT2D eigenvalue weighted by molar-refractivity contribution is -0.134. The molecule has 0 bridgehead atoms. The number of nitriles is 2. The van der Waals surface area contributed by atoms with Crippen LogP contribution < -0.4 is 0 Å². The minimum Gasteiger partial charge on any atom is -0.478 e. The summed E-state index contributed by atoms with van der Waals surface area (Å²) in [5, 5.41) is 50.3. The van der Waals surface area contributed by atoms with Crippen LogP contribution >= 0.6 is 0 Å². The van der Waals surface area contributed by atoms with Gasteiger partial charge in [-0.05, 0) is 59.0 Å². The van der Waals surface area contributed by atoms with Gasteiger partial charge in [-0.2, -0.15) is 10.5 Å². The number of piperidine rings is 2. The number of carboxylic acids is 4. The van der Waals surface area contributed by atoms with Crippen LogP contribution in [0.5, 0.6) is 0 Å². The summed E-state index contributed by atoms with van der Waals surface area (Å²) in [7, 11) is 0. The van der Waals surface area contributed by atoms with Crippen molar-refractivity contribution in [3.63, 3.8) is 0 Å². The van der Waals surface area contributed by atoms with E-state index >= 15 is 0 Å². The number of nitrogens with zero attached hydrogens (tertiary/aromatic N) is 6. The van der Waals surface area contributed by atoms with Crippen LogP contribution in [-0.2, 0) is 19.2 Å². The number of hydrogen-bond donors (Lipinski definition) is 4. The fraction of sp³-hybridized carbons (Fsp3) is 0.613. The molecule has 0 aromatic heterocycles. The van der Waals surface area contributed by atoms with Crippen LogP contribution in [0.2, 0.25) is 0 Å². The van der Waals surface area contributed by atoms with E-state index < -0.39 is 23.9 Å². The lowest BCUT2D eigenvalue weighted by atomic mass is 9.97. The van der Waals surface area contributed by atoms with Gasteiger partial charge in [0.05, 0.1) is 0 Å². The Morgan fingerprint density at radius 3 is 1.53 bits per heavy atom. The highest BCUT2D eigenvalue weighted by Gasteiger charge is 2.29. The van der Waals surface area contributed by atoms with Crippen LogP contribution in [-0.4, -0.2) is 128 Å². The molecule has 248 valence electrons. The van der Waals surface area contributed by atoms with E-state index in [-0.39, 0.29) is 5.57 Å². The first kappa shape index (κ1) is 38.6. The van der Waals surface area contributed by atoms with Gasteiger partial charge in [0, 0.05) is 75.7 Å². The van der Waals surface area contributed by atoms with Crippen LogP contribution in [0.25, 0.3) is 0 Å². The topological polar surface area (TPSA) is 210 Å². The van der Waals surface area contributed by atoms with Crippen LogP contribution in [0.3, 0.4) is 0 Å². The molecular formula is C31H46N6O8. The summed E-state index contributed by atoms with van der Waals surface area (Å²) in [6.07, 6.45) is 11.2. The van der Waals surface area contributed by atoms with Gasteiger partial charge in [-0.3, -0.25) is 4.90 Å². The summed E-state index contributed by atoms with van der Waals surface area (Å²) < 4.78 is 0. The third-order valence-corrected chi connectivity index (χ3v) is 7.78. The number of carboxylic acid groups (broad SMARTS) is 4. The number of rotatable bonds is 11. The number of likely N-dealkylation sites (tertiary alicyclic amines) is 2. The summed E-state index contributed by atoms with van der Waals surface area (Å²) in [6, 6.07) is 5.65. The summed E-state index contributed by atoms with van der Waals surface area (Å²) in [4.78, 5) is 48.0. The standard InChI is InChI=1S/C23H38N6.2C4H4O4/c1-20-8-6-9-21(2)29(20)13-7-12-27-16-17-28(23(27)22(18-24)19-25)15-14-26-10-4-3-5-11-26;2*5-3(6)1-2-4(7)8/h20-21H,3-17H2,1-2H3;2*1-2H,(H,5,6)(H,7,8)/b;2*2-1+/t20-,21+;;. The molecule has 2 atom stereocenters. The zero-order chi connectivity index (χ0) is 33.8. The quantitative estimate of drug-likeness (QED) is 0.191. The molecule has 0 aromatic carbocycles. The fourth-order valence-corrected chi connectivity index (χ4v) is 5.62. The molecule has 3 fully saturated rings. The highest BCUT2D eigenvalue weighted by Crippen LogP contribution is 2.25. The van der Waals surface area contributed by atoms with E-state index in [1.54, 1.807) is 0 Å². The molecule has 3 heterocycles. The zero-order valence-corrected chi connectivity index (χ0v) is 26.2. The molecule has 0 radical (unpaired) electrons. The van der Waals surface area contributed by atoms with Crippen molar-refractivity contribution in [3.8, 4) is 12.1 Å². The summed E-state index contributed by atoms with van der Waals surface area (Å²) >= 11 is 0. The molecule has 45 heavy (non-hydrogen) atoms. The Labute approximate surface area is 264 Å². The SMILES string of the molecule is C[C@@H]1CCC[C@H](C)N1CCCN1CCN(CCN2CCCCC2)C1=C(C#N)C#N.O=C(O)/C=C/C(=O)O.O=C(O)/C=C/C(=O)O. The first-order chi connectivity index (χ1) is 21.4. The van der Waals surface area contributed by atoms with E-state index in [2.05, 4.69) is 45.6 Å². The van der Waals surface area contributed by atoms with Crippen LogP contribution in [0.4, 0.5) is 0 Å². The summed E-state index contributed by atoms with van der Waals surface area (Å²) in [5.74, 6) is -4.15. The molecule has 0 unspecified atom stereocenters. The first-order valence-corrected chi connectivity index (χ1v) is 15.2. The maximum Gasteiger partial charge on any atom is 0.328 e. The average Bonchev–Trinajstić information content (AvgIpc) is 3.39. The highest BCUT2D eigenvalue weighted by molar-refractivity contribution is 5.90. The smallest absolute Gasteiger partial charge is 0.328 e. The Morgan fingerprint density at radius 1 is 0.667 bits per heavy atom. The van der Waals surface area contributed by atoms with Crippen molar-refractivity contribution in [2.24, 2.45) is 0 Å². The Balaban J connectivity index is 0.000000521. The van der Waals surface area contributed by atoms with Gasteiger partial charge in [-0.15, -0.1) is 0 Å². The number of allylic oxidation sites excluding steroid dienone is 1. The van der Waals surface area contributed by atoms with Crippen molar-refractivity contribution in [2.45, 2.75) is 70.9 Å². The highest BCUT2D eigenvalue weighted by atomic mass is 16.4. The van der Waals surface area contributed by atoms with Gasteiger partial charge in [-0.1, -0.05) is 12.8 Å². The maximum absolute atomic E-state index is 9.55. The van der Waals surface area contributed by atoms with Gasteiger partial charge in [-0.25, -0.2) is 19.2 Å². The third kappa shape index (κ3) is 15.8. The van der Waals surface area contributed by atoms with Crippen molar-refractivity contribution in [3.05, 3.63) is 35.7 Å². The van der Waals surface area contributed by atoms with Crippen LogP contribution in [0.15, 0.2) is 35.7 Å². The van der Waals surface area contributed by atoms with E-state index in [1.807, 2.05) is 0 Å². The molecule has 0 aromatic rings. The molecule has 0 saturated carbocycles. The molecule has 14 heteroatoms. The number of carbonyl (C=O) groups is 4. The molecule has 0 aliphatic carbocycles. The van der Waals surface area contributed by atoms with E-state index in [4.69, 9.17) is 20.4 Å². The second kappa shape index (κ2) is 21.3. The van der Waals surface area contributed by atoms with Gasteiger partial charge < -0.3 is 35.1 Å². The average molecular weight is 631 g/mol. The number of aliphatic carboxylic acids is 4. The van der Waals surface area contributed by atoms with Crippen LogP contribution in [0.1, 0.15) is 58.8 Å². The van der Waals surface area contributed by atoms with E-state index in [1.165, 1.54) is 51.6 Å². The predicted molar refractivity (Wildman–Crippen MR) is 165 cm³/mol. The molecular weight excluding hydrogens is 584 g/mol. The molecule has 14 nitrogen and oxygen atoms in total. The van der Waals surface area contributed by atoms with E-state index in [0.717, 1.165) is 51.5 Å². The monoisotopic (exact) mass is 630 g/mol. The van der Waals surface area contributed by atoms with Gasteiger partial charge >= 0.3 is 23.9 Å².